The number of halogens is 1. The highest BCUT2D eigenvalue weighted by Gasteiger charge is 2.27. The van der Waals surface area contributed by atoms with E-state index in [0.717, 1.165) is 32.0 Å². The molecule has 1 saturated heterocycles. The third kappa shape index (κ3) is 5.56. The number of carbonyl (C=O) groups excluding carboxylic acids is 2. The first kappa shape index (κ1) is 21.9. The van der Waals surface area contributed by atoms with E-state index in [2.05, 4.69) is 10.4 Å². The summed E-state index contributed by atoms with van der Waals surface area (Å²) < 4.78 is 18.8. The minimum atomic E-state index is -0.630. The second-order valence-electron chi connectivity index (χ2n) is 6.02. The van der Waals surface area contributed by atoms with Crippen LogP contribution in [0.15, 0.2) is 28.1 Å². The Kier molecular flexibility index (Phi) is 8.01. The minimum absolute atomic E-state index is 0.0501. The molecule has 1 fully saturated rings. The maximum Gasteiger partial charge on any atom is 0.414 e. The fraction of sp³-hybridized carbons (Fsp3) is 0.421. The third-order valence-corrected chi connectivity index (χ3v) is 4.78. The number of nitrogens with zero attached hydrogens (tertiary/aromatic N) is 3. The summed E-state index contributed by atoms with van der Waals surface area (Å²) >= 11 is 1.24. The van der Waals surface area contributed by atoms with Crippen LogP contribution in [0.1, 0.15) is 32.3 Å². The normalized spacial score (nSPS) is 17.8. The first-order valence-electron chi connectivity index (χ1n) is 9.16. The first-order valence-corrected chi connectivity index (χ1v) is 9.98. The van der Waals surface area contributed by atoms with Crippen LogP contribution in [0.25, 0.3) is 6.08 Å². The topological polar surface area (TPSA) is 74.2 Å². The van der Waals surface area contributed by atoms with Gasteiger partial charge in [0, 0.05) is 38.8 Å². The molecule has 1 N–H and O–H groups in total. The van der Waals surface area contributed by atoms with Crippen LogP contribution in [-0.4, -0.2) is 54.3 Å². The maximum absolute atomic E-state index is 13.6. The van der Waals surface area contributed by atoms with Crippen molar-refractivity contribution in [1.29, 1.82) is 0 Å². The molecule has 2 amide bonds. The van der Waals surface area contributed by atoms with Gasteiger partial charge in [-0.2, -0.15) is 4.99 Å². The average molecular weight is 408 g/mol. The van der Waals surface area contributed by atoms with Crippen molar-refractivity contribution in [2.24, 2.45) is 4.99 Å². The summed E-state index contributed by atoms with van der Waals surface area (Å²) in [6, 6.07) is 3.83. The number of amidine groups is 1. The number of carbonyl (C=O) groups is 2. The van der Waals surface area contributed by atoms with Gasteiger partial charge in [-0.15, -0.1) is 0 Å². The zero-order valence-electron chi connectivity index (χ0n) is 16.5. The Labute approximate surface area is 168 Å². The second-order valence-corrected chi connectivity index (χ2v) is 7.03. The van der Waals surface area contributed by atoms with E-state index in [4.69, 9.17) is 4.74 Å². The summed E-state index contributed by atoms with van der Waals surface area (Å²) in [4.78, 5) is 29.7. The number of amides is 2. The Bertz CT molecular complexity index is 789. The van der Waals surface area contributed by atoms with Crippen LogP contribution in [0, 0.1) is 5.82 Å². The molecule has 28 heavy (non-hydrogen) atoms. The zero-order chi connectivity index (χ0) is 20.7. The predicted octanol–water partition coefficient (Wildman–Crippen LogP) is 3.48. The van der Waals surface area contributed by atoms with Gasteiger partial charge >= 0.3 is 6.09 Å². The highest BCUT2D eigenvalue weighted by Crippen LogP contribution is 2.32. The molecule has 0 spiro atoms. The number of benzene rings is 1. The molecule has 0 saturated carbocycles. The number of nitrogens with one attached hydrogen (secondary N) is 1. The number of rotatable bonds is 2. The van der Waals surface area contributed by atoms with Crippen molar-refractivity contribution in [3.63, 3.8) is 0 Å². The Balaban J connectivity index is 0.00000136. The predicted molar refractivity (Wildman–Crippen MR) is 109 cm³/mol. The van der Waals surface area contributed by atoms with E-state index in [1.54, 1.807) is 6.08 Å². The van der Waals surface area contributed by atoms with Gasteiger partial charge in [0.25, 0.3) is 5.91 Å². The summed E-state index contributed by atoms with van der Waals surface area (Å²) in [6.07, 6.45) is 3.05. The van der Waals surface area contributed by atoms with Gasteiger partial charge < -0.3 is 9.64 Å². The molecule has 2 aliphatic heterocycles. The molecule has 3 rings (SSSR count). The van der Waals surface area contributed by atoms with Crippen molar-refractivity contribution in [3.05, 3.63) is 34.5 Å². The molecule has 0 radical (unpaired) electrons. The molecular formula is C19H25FN4O3S. The number of hydrogen-bond donors (Lipinski definition) is 1. The van der Waals surface area contributed by atoms with Crippen molar-refractivity contribution in [2.75, 3.05) is 27.2 Å². The van der Waals surface area contributed by atoms with Gasteiger partial charge in [0.15, 0.2) is 5.17 Å². The smallest absolute Gasteiger partial charge is 0.409 e. The number of hydrogen-bond acceptors (Lipinski definition) is 6. The number of ether oxygens (including phenoxy) is 1. The molecule has 0 atom stereocenters. The maximum atomic E-state index is 13.6. The SMILES string of the molecule is CC.CN(C)C(=O)Oc1cc(F)ccc1/C=C1/SC(N2CCCCN2)=NC1=O. The van der Waals surface area contributed by atoms with Crippen LogP contribution in [-0.2, 0) is 4.79 Å². The second kappa shape index (κ2) is 10.2. The van der Waals surface area contributed by atoms with E-state index in [1.165, 1.54) is 42.9 Å². The van der Waals surface area contributed by atoms with Crippen molar-refractivity contribution >= 4 is 35.0 Å². The van der Waals surface area contributed by atoms with Gasteiger partial charge in [-0.25, -0.2) is 14.6 Å². The van der Waals surface area contributed by atoms with Gasteiger partial charge in [0.2, 0.25) is 0 Å². The summed E-state index contributed by atoms with van der Waals surface area (Å²) in [6.45, 7) is 5.63. The zero-order valence-corrected chi connectivity index (χ0v) is 17.3. The van der Waals surface area contributed by atoms with E-state index >= 15 is 0 Å². The van der Waals surface area contributed by atoms with Crippen LogP contribution < -0.4 is 10.2 Å². The highest BCUT2D eigenvalue weighted by atomic mass is 32.2. The van der Waals surface area contributed by atoms with E-state index in [1.807, 2.05) is 18.9 Å². The third-order valence-electron chi connectivity index (χ3n) is 3.78. The lowest BCUT2D eigenvalue weighted by molar-refractivity contribution is -0.113. The molecule has 0 bridgehead atoms. The summed E-state index contributed by atoms with van der Waals surface area (Å²) in [5, 5.41) is 2.46. The van der Waals surface area contributed by atoms with E-state index in [9.17, 15) is 14.0 Å². The molecule has 0 aromatic heterocycles. The molecule has 1 aromatic rings. The lowest BCUT2D eigenvalue weighted by Crippen LogP contribution is -2.45. The Morgan fingerprint density at radius 3 is 2.75 bits per heavy atom. The van der Waals surface area contributed by atoms with Gasteiger partial charge in [-0.1, -0.05) is 13.8 Å². The van der Waals surface area contributed by atoms with Crippen LogP contribution in [0.2, 0.25) is 0 Å². The fourth-order valence-electron chi connectivity index (χ4n) is 2.41. The Morgan fingerprint density at radius 2 is 2.11 bits per heavy atom. The molecule has 9 heteroatoms. The number of hydrazine groups is 1. The van der Waals surface area contributed by atoms with Crippen molar-refractivity contribution in [3.8, 4) is 5.75 Å². The summed E-state index contributed by atoms with van der Waals surface area (Å²) in [5.74, 6) is -0.853. The number of thioether (sulfide) groups is 1. The van der Waals surface area contributed by atoms with Crippen LogP contribution in [0.4, 0.5) is 9.18 Å². The van der Waals surface area contributed by atoms with E-state index in [-0.39, 0.29) is 11.7 Å². The number of aliphatic imine (C=N–C) groups is 1. The molecular weight excluding hydrogens is 383 g/mol. The molecule has 2 aliphatic rings. The Hall–Kier alpha value is -2.39. The van der Waals surface area contributed by atoms with Gasteiger partial charge in [-0.05, 0) is 42.8 Å². The van der Waals surface area contributed by atoms with Gasteiger partial charge in [0.1, 0.15) is 11.6 Å². The standard InChI is InChI=1S/C17H19FN4O3S.C2H6/c1-21(2)17(24)25-13-10-12(18)6-5-11(13)9-14-15(23)20-16(26-14)22-8-4-3-7-19-22;1-2/h5-6,9-10,19H,3-4,7-8H2,1-2H3;1-2H3/b14-9+;. The van der Waals surface area contributed by atoms with Crippen molar-refractivity contribution < 1.29 is 18.7 Å². The quantitative estimate of drug-likeness (QED) is 0.756. The van der Waals surface area contributed by atoms with Crippen molar-refractivity contribution in [2.45, 2.75) is 26.7 Å². The Morgan fingerprint density at radius 1 is 1.36 bits per heavy atom. The minimum Gasteiger partial charge on any atom is -0.409 e. The molecule has 152 valence electrons. The van der Waals surface area contributed by atoms with Crippen LogP contribution in [0.5, 0.6) is 5.75 Å². The molecule has 7 nitrogen and oxygen atoms in total. The van der Waals surface area contributed by atoms with Crippen molar-refractivity contribution in [1.82, 2.24) is 15.3 Å². The summed E-state index contributed by atoms with van der Waals surface area (Å²) in [5.41, 5.74) is 3.63. The fourth-order valence-corrected chi connectivity index (χ4v) is 3.32. The highest BCUT2D eigenvalue weighted by molar-refractivity contribution is 8.18. The monoisotopic (exact) mass is 408 g/mol. The molecule has 0 aliphatic carbocycles. The first-order chi connectivity index (χ1) is 13.4. The van der Waals surface area contributed by atoms with E-state index in [0.29, 0.717) is 15.6 Å². The molecule has 0 unspecified atom stereocenters. The molecule has 2 heterocycles. The van der Waals surface area contributed by atoms with Gasteiger partial charge in [0.05, 0.1) is 4.91 Å². The lowest BCUT2D eigenvalue weighted by Gasteiger charge is -2.28. The van der Waals surface area contributed by atoms with Gasteiger partial charge in [-0.3, -0.25) is 9.80 Å². The largest absolute Gasteiger partial charge is 0.414 e. The van der Waals surface area contributed by atoms with Crippen LogP contribution in [0.3, 0.4) is 0 Å². The summed E-state index contributed by atoms with van der Waals surface area (Å²) in [7, 11) is 3.06. The van der Waals surface area contributed by atoms with E-state index < -0.39 is 11.9 Å². The van der Waals surface area contributed by atoms with Crippen LogP contribution >= 0.6 is 11.8 Å². The lowest BCUT2D eigenvalue weighted by atomic mass is 10.2. The average Bonchev–Trinajstić information content (AvgIpc) is 3.06. The molecule has 1 aromatic carbocycles.